The van der Waals surface area contributed by atoms with E-state index in [-0.39, 0.29) is 37.4 Å². The van der Waals surface area contributed by atoms with Crippen molar-refractivity contribution in [3.8, 4) is 0 Å². The Hall–Kier alpha value is -1.34. The van der Waals surface area contributed by atoms with E-state index >= 15 is 0 Å². The van der Waals surface area contributed by atoms with Crippen LogP contribution in [0.1, 0.15) is 80.6 Å². The monoisotopic (exact) mass is 851 g/mol. The van der Waals surface area contributed by atoms with Crippen molar-refractivity contribution >= 4 is 40.6 Å². The molecule has 14 heteroatoms. The summed E-state index contributed by atoms with van der Waals surface area (Å²) in [4.78, 5) is 40.5. The van der Waals surface area contributed by atoms with Gasteiger partial charge in [-0.05, 0) is 66.6 Å². The third-order valence-electron chi connectivity index (χ3n) is 10.8. The lowest BCUT2D eigenvalue weighted by atomic mass is 9.79. The number of hydrogen-bond donors (Lipinski definition) is 4. The van der Waals surface area contributed by atoms with Crippen molar-refractivity contribution in [2.75, 3.05) is 18.5 Å². The summed E-state index contributed by atoms with van der Waals surface area (Å²) in [6, 6.07) is -0.700. The van der Waals surface area contributed by atoms with Crippen LogP contribution in [0, 0.1) is 23.7 Å². The third kappa shape index (κ3) is 11.6. The van der Waals surface area contributed by atoms with E-state index in [2.05, 4.69) is 22.6 Å². The predicted octanol–water partition coefficient (Wildman–Crippen LogP) is 3.12. The number of aldehydes is 1. The van der Waals surface area contributed by atoms with Crippen LogP contribution in [-0.4, -0.2) is 135 Å². The summed E-state index contributed by atoms with van der Waals surface area (Å²) in [5, 5.41) is 44.5. The summed E-state index contributed by atoms with van der Waals surface area (Å²) in [6.45, 7) is 12.2. The maximum atomic E-state index is 13.4. The van der Waals surface area contributed by atoms with Gasteiger partial charge in [0, 0.05) is 35.0 Å². The Bertz CT molecular complexity index is 1240. The molecule has 0 bridgehead atoms. The van der Waals surface area contributed by atoms with Crippen LogP contribution in [0.2, 0.25) is 0 Å². The second-order valence-corrected chi connectivity index (χ2v) is 16.3. The highest BCUT2D eigenvalue weighted by atomic mass is 127. The number of carbonyl (C=O) groups excluding carboxylic acids is 3. The lowest BCUT2D eigenvalue weighted by Crippen LogP contribution is -2.65. The smallest absolute Gasteiger partial charge is 0.308 e. The molecule has 52 heavy (non-hydrogen) atoms. The van der Waals surface area contributed by atoms with E-state index in [1.165, 1.54) is 13.0 Å². The predicted molar refractivity (Wildman–Crippen MR) is 201 cm³/mol. The van der Waals surface area contributed by atoms with Crippen molar-refractivity contribution in [2.24, 2.45) is 23.7 Å². The molecule has 3 aliphatic rings. The van der Waals surface area contributed by atoms with Gasteiger partial charge in [0.2, 0.25) is 0 Å². The molecule has 3 rings (SSSR count). The van der Waals surface area contributed by atoms with Gasteiger partial charge in [0.1, 0.15) is 30.7 Å². The number of halogens is 1. The fourth-order valence-electron chi connectivity index (χ4n) is 7.65. The lowest BCUT2D eigenvalue weighted by molar-refractivity contribution is -0.341. The van der Waals surface area contributed by atoms with Gasteiger partial charge in [0.25, 0.3) is 0 Å². The molecule has 0 amide bonds. The Labute approximate surface area is 322 Å². The quantitative estimate of drug-likeness (QED) is 0.115. The van der Waals surface area contributed by atoms with Gasteiger partial charge < -0.3 is 53.8 Å². The molecule has 0 radical (unpaired) electrons. The van der Waals surface area contributed by atoms with Crippen molar-refractivity contribution in [3.63, 3.8) is 0 Å². The number of rotatable bonds is 9. The number of likely N-dealkylation sites (N-methyl/N-ethyl adjacent to an activating group) is 1. The molecule has 0 unspecified atom stereocenters. The number of nitrogens with zero attached hydrogens (tertiary/aromatic N) is 1. The van der Waals surface area contributed by atoms with E-state index in [9.17, 15) is 34.8 Å². The van der Waals surface area contributed by atoms with E-state index < -0.39 is 96.8 Å². The fraction of sp³-hybridized carbons (Fsp3) is 0.816. The number of ether oxygens (including phenoxy) is 5. The molecule has 4 N–H and O–H groups in total. The molecule has 2 saturated heterocycles. The molecule has 0 saturated carbocycles. The molecule has 0 aromatic rings. The van der Waals surface area contributed by atoms with Crippen molar-refractivity contribution in [1.82, 2.24) is 4.90 Å². The zero-order valence-corrected chi connectivity index (χ0v) is 34.2. The van der Waals surface area contributed by atoms with Crippen LogP contribution in [0.5, 0.6) is 0 Å². The Morgan fingerprint density at radius 3 is 2.29 bits per heavy atom. The first-order chi connectivity index (χ1) is 24.3. The molecule has 2 fully saturated rings. The second-order valence-electron chi connectivity index (χ2n) is 15.5. The SMILES string of the molecule is CC[C@H]1OC(=O)C[C@@H](O)[C@H](C)[C@@H](O[C@@H]2O[C@H](C)[C@@H](O[C@H]3C[C@@](C)(O)[C@@H](O)[C@H](C)O3)[C@H](N(C)C)[C@H]2O)[C@@H](CC=O)C[C@@H](C)C(=O)/C=C/C(C)=C/[C@@H]1CI. The highest BCUT2D eigenvalue weighted by Gasteiger charge is 2.51. The number of aliphatic hydroxyl groups excluding tert-OH is 3. The molecular formula is C38H62INO12. The number of aliphatic hydroxyl groups is 4. The van der Waals surface area contributed by atoms with E-state index in [0.29, 0.717) is 10.8 Å². The molecule has 3 heterocycles. The molecule has 0 spiro atoms. The molecule has 298 valence electrons. The normalized spacial score (nSPS) is 44.8. The number of esters is 1. The number of allylic oxidation sites excluding steroid dienone is 3. The molecule has 16 atom stereocenters. The van der Waals surface area contributed by atoms with Gasteiger partial charge in [-0.25, -0.2) is 0 Å². The summed E-state index contributed by atoms with van der Waals surface area (Å²) < 4.78 is 31.6. The standard InChI is InChI=1S/C38H62INO12/c1-10-29-26(19-39)15-20(2)11-12-27(42)21(3)16-25(13-14-41)34(22(4)28(43)17-30(44)50-29)52-37-33(45)32(40(8)9)35(23(5)49-37)51-31-18-38(7,47)36(46)24(6)48-31/h11-12,14-15,21-26,28-29,31-37,43,45-47H,10,13,16-19H2,1-9H3/b12-11+,20-15+/t21-,22+,23-,24+,25+,26-,28-,29-,31+,32-,33-,34-,35-,36+,37+,38-/m1/s1. The molecule has 3 aliphatic heterocycles. The number of carbonyl (C=O) groups is 3. The van der Waals surface area contributed by atoms with Gasteiger partial charge in [-0.3, -0.25) is 9.59 Å². The summed E-state index contributed by atoms with van der Waals surface area (Å²) in [5.74, 6) is -2.65. The van der Waals surface area contributed by atoms with Crippen molar-refractivity contribution < 1.29 is 58.5 Å². The van der Waals surface area contributed by atoms with Crippen molar-refractivity contribution in [1.29, 1.82) is 0 Å². The number of hydrogen-bond acceptors (Lipinski definition) is 13. The number of alkyl halides is 1. The summed E-state index contributed by atoms with van der Waals surface area (Å²) in [7, 11) is 3.54. The minimum atomic E-state index is -1.46. The fourth-order valence-corrected chi connectivity index (χ4v) is 8.47. The Morgan fingerprint density at radius 2 is 1.71 bits per heavy atom. The molecule has 13 nitrogen and oxygen atoms in total. The van der Waals surface area contributed by atoms with Crippen LogP contribution < -0.4 is 0 Å². The first-order valence-electron chi connectivity index (χ1n) is 18.5. The molecule has 0 aromatic heterocycles. The Morgan fingerprint density at radius 1 is 1.04 bits per heavy atom. The highest BCUT2D eigenvalue weighted by molar-refractivity contribution is 14.1. The minimum Gasteiger partial charge on any atom is -0.462 e. The summed E-state index contributed by atoms with van der Waals surface area (Å²) >= 11 is 2.25. The molecule has 0 aliphatic carbocycles. The van der Waals surface area contributed by atoms with Crippen molar-refractivity contribution in [3.05, 3.63) is 23.8 Å². The highest BCUT2D eigenvalue weighted by Crippen LogP contribution is 2.37. The van der Waals surface area contributed by atoms with Gasteiger partial charge in [-0.2, -0.15) is 0 Å². The summed E-state index contributed by atoms with van der Waals surface area (Å²) in [6.07, 6.45) is -2.85. The average Bonchev–Trinajstić information content (AvgIpc) is 3.07. The van der Waals surface area contributed by atoms with E-state index in [4.69, 9.17) is 23.7 Å². The Balaban J connectivity index is 1.96. The van der Waals surface area contributed by atoms with Gasteiger partial charge in [-0.1, -0.05) is 61.1 Å². The van der Waals surface area contributed by atoms with Gasteiger partial charge in [0.15, 0.2) is 18.4 Å². The van der Waals surface area contributed by atoms with Gasteiger partial charge >= 0.3 is 5.97 Å². The topological polar surface area (TPSA) is 182 Å². The van der Waals surface area contributed by atoms with E-state index in [1.54, 1.807) is 52.8 Å². The van der Waals surface area contributed by atoms with Crippen LogP contribution in [0.3, 0.4) is 0 Å². The third-order valence-corrected chi connectivity index (χ3v) is 11.9. The lowest BCUT2D eigenvalue weighted by Gasteiger charge is -2.50. The molecule has 0 aromatic carbocycles. The first kappa shape index (κ1) is 45.1. The molecular weight excluding hydrogens is 789 g/mol. The number of cyclic esters (lactones) is 1. The van der Waals surface area contributed by atoms with Crippen LogP contribution in [-0.2, 0) is 38.1 Å². The summed E-state index contributed by atoms with van der Waals surface area (Å²) in [5.41, 5.74) is -0.607. The maximum Gasteiger partial charge on any atom is 0.308 e. The van der Waals surface area contributed by atoms with Gasteiger partial charge in [0.05, 0.1) is 42.5 Å². The van der Waals surface area contributed by atoms with Crippen LogP contribution in [0.25, 0.3) is 0 Å². The van der Waals surface area contributed by atoms with Gasteiger partial charge in [-0.15, -0.1) is 0 Å². The van der Waals surface area contributed by atoms with E-state index in [1.807, 2.05) is 19.9 Å². The largest absolute Gasteiger partial charge is 0.462 e. The van der Waals surface area contributed by atoms with Crippen molar-refractivity contribution in [2.45, 2.75) is 154 Å². The zero-order chi connectivity index (χ0) is 39.1. The maximum absolute atomic E-state index is 13.4. The second kappa shape index (κ2) is 20.0. The van der Waals surface area contributed by atoms with Crippen LogP contribution in [0.15, 0.2) is 23.8 Å². The minimum absolute atomic E-state index is 0.00805. The van der Waals surface area contributed by atoms with Crippen LogP contribution >= 0.6 is 22.6 Å². The number of ketones is 1. The zero-order valence-electron chi connectivity index (χ0n) is 32.1. The van der Waals surface area contributed by atoms with Crippen LogP contribution in [0.4, 0.5) is 0 Å². The first-order valence-corrected chi connectivity index (χ1v) is 20.0. The Kier molecular flexibility index (Phi) is 17.3. The average molecular weight is 852 g/mol. The van der Waals surface area contributed by atoms with E-state index in [0.717, 1.165) is 11.9 Å².